The summed E-state index contributed by atoms with van der Waals surface area (Å²) in [6.07, 6.45) is 0.357. The monoisotopic (exact) mass is 312 g/mol. The minimum absolute atomic E-state index is 0.116. The van der Waals surface area contributed by atoms with Crippen molar-refractivity contribution in [1.29, 1.82) is 0 Å². The lowest BCUT2D eigenvalue weighted by Gasteiger charge is -2.26. The molecule has 1 fully saturated rings. The summed E-state index contributed by atoms with van der Waals surface area (Å²) in [6, 6.07) is 4.18. The van der Waals surface area contributed by atoms with Gasteiger partial charge in [-0.3, -0.25) is 0 Å². The molecule has 1 unspecified atom stereocenters. The van der Waals surface area contributed by atoms with Crippen molar-refractivity contribution < 1.29 is 9.52 Å². The van der Waals surface area contributed by atoms with Crippen LogP contribution in [0.25, 0.3) is 11.2 Å². The number of nitrogens with one attached hydrogen (secondary N) is 2. The highest BCUT2D eigenvalue weighted by Gasteiger charge is 2.21. The van der Waals surface area contributed by atoms with E-state index < -0.39 is 0 Å². The largest absolute Gasteiger partial charge is 0.422 e. The molecule has 1 saturated heterocycles. The van der Waals surface area contributed by atoms with Crippen molar-refractivity contribution in [3.63, 3.8) is 0 Å². The van der Waals surface area contributed by atoms with Crippen LogP contribution in [0.5, 0.6) is 0 Å². The normalized spacial score (nSPS) is 24.3. The highest BCUT2D eigenvalue weighted by Crippen LogP contribution is 2.20. The molecule has 3 N–H and O–H groups in total. The third-order valence-electron chi connectivity index (χ3n) is 2.87. The molecule has 2 atom stereocenters. The highest BCUT2D eigenvalue weighted by molar-refractivity contribution is 9.10. The summed E-state index contributed by atoms with van der Waals surface area (Å²) >= 11 is 3.29. The van der Waals surface area contributed by atoms with E-state index in [1.807, 2.05) is 12.1 Å². The average molecular weight is 313 g/mol. The van der Waals surface area contributed by atoms with Crippen molar-refractivity contribution in [2.24, 2.45) is 0 Å². The summed E-state index contributed by atoms with van der Waals surface area (Å²) in [5, 5.41) is 15.9. The van der Waals surface area contributed by atoms with Crippen molar-refractivity contribution in [3.05, 3.63) is 16.7 Å². The molecule has 0 amide bonds. The lowest BCUT2D eigenvalue weighted by Crippen LogP contribution is -2.45. The van der Waals surface area contributed by atoms with Crippen LogP contribution < -0.4 is 10.6 Å². The van der Waals surface area contributed by atoms with Crippen molar-refractivity contribution >= 4 is 33.2 Å². The standard InChI is InChI=1S/C11H13BrN4O2/c12-9-2-1-8-10(15-9)16-11(18-8)14-6-3-7(17)5-13-4-6/h1-2,6-7,13,17H,3-5H2,(H,14,15,16)/t6?,7-/m1/s1. The third kappa shape index (κ3) is 2.47. The van der Waals surface area contributed by atoms with Crippen LogP contribution >= 0.6 is 15.9 Å². The fraction of sp³-hybridized carbons (Fsp3) is 0.455. The molecule has 0 saturated carbocycles. The summed E-state index contributed by atoms with van der Waals surface area (Å²) in [5.41, 5.74) is 1.21. The fourth-order valence-electron chi connectivity index (χ4n) is 2.06. The number of rotatable bonds is 2. The summed E-state index contributed by atoms with van der Waals surface area (Å²) in [4.78, 5) is 8.48. The SMILES string of the molecule is O[C@H]1CNCC(Nc2nc3nc(Br)ccc3o2)C1. The molecule has 7 heteroatoms. The summed E-state index contributed by atoms with van der Waals surface area (Å²) in [5.74, 6) is 0. The molecule has 96 valence electrons. The number of aromatic nitrogens is 2. The third-order valence-corrected chi connectivity index (χ3v) is 3.32. The average Bonchev–Trinajstić information content (AvgIpc) is 2.70. The Bertz CT molecular complexity index is 559. The Kier molecular flexibility index (Phi) is 3.19. The second-order valence-electron chi connectivity index (χ2n) is 4.36. The predicted octanol–water partition coefficient (Wildman–Crippen LogP) is 1.12. The number of fused-ring (bicyclic) bond motifs is 1. The van der Waals surface area contributed by atoms with E-state index in [9.17, 15) is 5.11 Å². The lowest BCUT2D eigenvalue weighted by atomic mass is 10.1. The van der Waals surface area contributed by atoms with Gasteiger partial charge in [0, 0.05) is 19.1 Å². The highest BCUT2D eigenvalue weighted by atomic mass is 79.9. The van der Waals surface area contributed by atoms with Crippen molar-refractivity contribution in [2.45, 2.75) is 18.6 Å². The number of hydrogen-bond acceptors (Lipinski definition) is 6. The van der Waals surface area contributed by atoms with Crippen molar-refractivity contribution in [3.8, 4) is 0 Å². The molecule has 18 heavy (non-hydrogen) atoms. The van der Waals surface area contributed by atoms with Gasteiger partial charge in [-0.2, -0.15) is 4.98 Å². The van der Waals surface area contributed by atoms with Crippen LogP contribution in [0.4, 0.5) is 6.01 Å². The van der Waals surface area contributed by atoms with Gasteiger partial charge in [0.1, 0.15) is 4.60 Å². The molecular weight excluding hydrogens is 300 g/mol. The maximum atomic E-state index is 9.56. The first-order chi connectivity index (χ1) is 8.70. The summed E-state index contributed by atoms with van der Waals surface area (Å²) < 4.78 is 6.27. The van der Waals surface area contributed by atoms with Gasteiger partial charge in [-0.15, -0.1) is 0 Å². The molecule has 1 aliphatic heterocycles. The quantitative estimate of drug-likeness (QED) is 0.721. The van der Waals surface area contributed by atoms with Gasteiger partial charge >= 0.3 is 0 Å². The molecule has 2 aromatic heterocycles. The molecule has 1 aliphatic rings. The Labute approximate surface area is 112 Å². The van der Waals surface area contributed by atoms with Gasteiger partial charge in [0.15, 0.2) is 5.58 Å². The van der Waals surface area contributed by atoms with Crippen LogP contribution in [0.3, 0.4) is 0 Å². The first-order valence-corrected chi connectivity index (χ1v) is 6.58. The molecule has 6 nitrogen and oxygen atoms in total. The molecular formula is C11H13BrN4O2. The minimum atomic E-state index is -0.326. The molecule has 0 spiro atoms. The number of β-amino-alcohol motifs (C(OH)–C–C–N with tert-alkyl or cyclic N) is 1. The van der Waals surface area contributed by atoms with E-state index in [-0.39, 0.29) is 12.1 Å². The van der Waals surface area contributed by atoms with Gasteiger partial charge < -0.3 is 20.2 Å². The van der Waals surface area contributed by atoms with Crippen molar-refractivity contribution in [1.82, 2.24) is 15.3 Å². The Morgan fingerprint density at radius 1 is 1.39 bits per heavy atom. The van der Waals surface area contributed by atoms with E-state index in [1.165, 1.54) is 0 Å². The van der Waals surface area contributed by atoms with E-state index in [2.05, 4.69) is 36.5 Å². The lowest BCUT2D eigenvalue weighted by molar-refractivity contribution is 0.136. The Morgan fingerprint density at radius 3 is 3.11 bits per heavy atom. The zero-order chi connectivity index (χ0) is 12.5. The number of aliphatic hydroxyl groups excluding tert-OH is 1. The first-order valence-electron chi connectivity index (χ1n) is 5.79. The molecule has 3 rings (SSSR count). The Morgan fingerprint density at radius 2 is 2.28 bits per heavy atom. The van der Waals surface area contributed by atoms with Crippen LogP contribution in [-0.4, -0.2) is 40.3 Å². The zero-order valence-electron chi connectivity index (χ0n) is 9.56. The number of aliphatic hydroxyl groups is 1. The maximum Gasteiger partial charge on any atom is 0.297 e. The van der Waals surface area contributed by atoms with Gasteiger partial charge in [0.05, 0.1) is 6.10 Å². The second kappa shape index (κ2) is 4.83. The van der Waals surface area contributed by atoms with Crippen LogP contribution in [0.2, 0.25) is 0 Å². The number of hydrogen-bond donors (Lipinski definition) is 3. The van der Waals surface area contributed by atoms with Crippen LogP contribution in [-0.2, 0) is 0 Å². The number of oxazole rings is 1. The molecule has 0 aromatic carbocycles. The molecule has 0 radical (unpaired) electrons. The molecule has 2 aromatic rings. The number of halogens is 1. The Balaban J connectivity index is 1.78. The van der Waals surface area contributed by atoms with Crippen LogP contribution in [0, 0.1) is 0 Å². The number of anilines is 1. The van der Waals surface area contributed by atoms with E-state index in [0.29, 0.717) is 30.2 Å². The maximum absolute atomic E-state index is 9.56. The van der Waals surface area contributed by atoms with E-state index >= 15 is 0 Å². The van der Waals surface area contributed by atoms with Gasteiger partial charge in [-0.1, -0.05) is 0 Å². The van der Waals surface area contributed by atoms with E-state index in [4.69, 9.17) is 4.42 Å². The smallest absolute Gasteiger partial charge is 0.297 e. The van der Waals surface area contributed by atoms with Gasteiger partial charge in [-0.05, 0) is 34.5 Å². The number of nitrogens with zero attached hydrogens (tertiary/aromatic N) is 2. The molecule has 0 aliphatic carbocycles. The van der Waals surface area contributed by atoms with Crippen LogP contribution in [0.1, 0.15) is 6.42 Å². The Hall–Kier alpha value is -1.18. The predicted molar refractivity (Wildman–Crippen MR) is 70.4 cm³/mol. The molecule has 0 bridgehead atoms. The van der Waals surface area contributed by atoms with Crippen LogP contribution in [0.15, 0.2) is 21.2 Å². The van der Waals surface area contributed by atoms with Gasteiger partial charge in [0.2, 0.25) is 5.65 Å². The first kappa shape index (κ1) is 11.9. The zero-order valence-corrected chi connectivity index (χ0v) is 11.1. The number of pyridine rings is 1. The van der Waals surface area contributed by atoms with Crippen molar-refractivity contribution in [2.75, 3.05) is 18.4 Å². The fourth-order valence-corrected chi connectivity index (χ4v) is 2.36. The summed E-state index contributed by atoms with van der Waals surface area (Å²) in [6.45, 7) is 1.42. The van der Waals surface area contributed by atoms with E-state index in [1.54, 1.807) is 0 Å². The number of piperidine rings is 1. The van der Waals surface area contributed by atoms with E-state index in [0.717, 1.165) is 11.1 Å². The minimum Gasteiger partial charge on any atom is -0.422 e. The summed E-state index contributed by atoms with van der Waals surface area (Å²) in [7, 11) is 0. The van der Waals surface area contributed by atoms with Gasteiger partial charge in [0.25, 0.3) is 6.01 Å². The topological polar surface area (TPSA) is 83.2 Å². The van der Waals surface area contributed by atoms with Gasteiger partial charge in [-0.25, -0.2) is 4.98 Å². The molecule has 3 heterocycles. The second-order valence-corrected chi connectivity index (χ2v) is 5.18.